The van der Waals surface area contributed by atoms with Crippen molar-refractivity contribution in [1.82, 2.24) is 0 Å². The number of aliphatic hydroxyl groups is 1. The summed E-state index contributed by atoms with van der Waals surface area (Å²) in [4.78, 5) is 88.5. The third-order valence-electron chi connectivity index (χ3n) is 10.3. The molecule has 25 heteroatoms. The molecule has 0 bridgehead atoms. The number of hydrogen-bond acceptors (Lipinski definition) is 23. The normalized spacial score (nSPS) is 12.1. The smallest absolute Gasteiger partial charge is 0.334 e. The van der Waals surface area contributed by atoms with Crippen LogP contribution in [-0.4, -0.2) is 132 Å². The highest BCUT2D eigenvalue weighted by atomic mass is 32.8. The predicted octanol–water partition coefficient (Wildman–Crippen LogP) is 9.60. The van der Waals surface area contributed by atoms with Gasteiger partial charge in [0.1, 0.15) is 16.8 Å². The highest BCUT2D eigenvalue weighted by Gasteiger charge is 2.41. The molecular weight excluding hydrogens is 1230 g/mol. The summed E-state index contributed by atoms with van der Waals surface area (Å²) in [6.07, 6.45) is 0.0724. The van der Waals surface area contributed by atoms with Gasteiger partial charge in [0.15, 0.2) is 27.5 Å². The average molecular weight is 1310 g/mol. The van der Waals surface area contributed by atoms with Crippen LogP contribution in [-0.2, 0) is 104 Å². The van der Waals surface area contributed by atoms with Crippen LogP contribution in [0.25, 0.3) is 0 Å². The van der Waals surface area contributed by atoms with Gasteiger partial charge in [0.25, 0.3) is 0 Å². The van der Waals surface area contributed by atoms with Crippen LogP contribution in [0.4, 0.5) is 0 Å². The number of ether oxygens (including phenoxy) is 8. The van der Waals surface area contributed by atoms with Gasteiger partial charge >= 0.3 is 41.8 Å². The highest BCUT2D eigenvalue weighted by molar-refractivity contribution is 8.07. The number of thiol groups is 1. The number of carbonyl (C=O) groups excluding carboxylic acids is 8. The van der Waals surface area contributed by atoms with Gasteiger partial charge in [-0.05, 0) is 58.2 Å². The summed E-state index contributed by atoms with van der Waals surface area (Å²) in [5.74, 6) is -3.59. The Kier molecular flexibility index (Phi) is 50.1. The fraction of sp³-hybridized carbons (Fsp3) is 0.344. The van der Waals surface area contributed by atoms with Crippen LogP contribution >= 0.6 is 37.9 Å². The van der Waals surface area contributed by atoms with Crippen molar-refractivity contribution < 1.29 is 89.8 Å². The molecule has 0 aliphatic heterocycles. The molecule has 0 spiro atoms. The second-order valence-corrected chi connectivity index (χ2v) is 21.0. The standard InChI is InChI=1S/C16H20O6S.C16H20O4S.C13H16O4.C7H6O.C5H10O2S.C4H6O2.S2.H2S/c1-5-22-16(18)12(3)23(19,20)14(11(2)15(17)21-4)13-9-7-6-8-10-13;1-5-20-16(18)12(3)21-14(11(2)15(17)19-4)13-9-7-6-8-10-13;1-9(13(15)16-3)12(17-10(2)14)11-7-5-4-6-8-11;8-6-7-4-2-1-3-5-7;1-3-7-5(6)4(2)8;1-3-4(5)6-2;1-2;/h6-10,12,14H,2,5H2,1,3-4H3;6-10,12,14H,2,5H2,1,3-4H3;4-8,12-13,15H,1H2,2-3H3;1-6H;4,8H,3H2,1-2H3;3H,1H2,2H3;;1H2. The number of benzene rings is 4. The number of rotatable bonds is 23. The highest BCUT2D eigenvalue weighted by Crippen LogP contribution is 2.39. The monoisotopic (exact) mass is 1310 g/mol. The van der Waals surface area contributed by atoms with Crippen LogP contribution in [0.1, 0.15) is 92.1 Å². The molecule has 0 saturated carbocycles. The van der Waals surface area contributed by atoms with Crippen molar-refractivity contribution in [3.8, 4) is 0 Å². The molecule has 0 aliphatic rings. The van der Waals surface area contributed by atoms with E-state index < -0.39 is 67.8 Å². The lowest BCUT2D eigenvalue weighted by atomic mass is 10.0. The topological polar surface area (TPSA) is 265 Å². The van der Waals surface area contributed by atoms with Gasteiger partial charge in [-0.1, -0.05) is 148 Å². The fourth-order valence-electron chi connectivity index (χ4n) is 6.11. The van der Waals surface area contributed by atoms with E-state index in [1.807, 2.05) is 66.7 Å². The van der Waals surface area contributed by atoms with E-state index in [1.165, 1.54) is 46.9 Å². The van der Waals surface area contributed by atoms with Crippen LogP contribution < -0.4 is 0 Å². The molecule has 7 atom stereocenters. The van der Waals surface area contributed by atoms with Gasteiger partial charge in [0.2, 0.25) is 0 Å². The Bertz CT molecular complexity index is 2780. The first-order valence-corrected chi connectivity index (χ1v) is 29.9. The van der Waals surface area contributed by atoms with Crippen LogP contribution in [0.15, 0.2) is 170 Å². The van der Waals surface area contributed by atoms with Crippen molar-refractivity contribution in [3.63, 3.8) is 0 Å². The Morgan fingerprint density at radius 2 is 1.02 bits per heavy atom. The number of aldehydes is 1. The van der Waals surface area contributed by atoms with Gasteiger partial charge in [-0.15, -0.1) is 11.8 Å². The lowest BCUT2D eigenvalue weighted by Crippen LogP contribution is -2.34. The van der Waals surface area contributed by atoms with Gasteiger partial charge in [-0.2, -0.15) is 26.1 Å². The van der Waals surface area contributed by atoms with Gasteiger partial charge in [0.05, 0.1) is 57.2 Å². The number of methoxy groups -OCH3 is 4. The second-order valence-electron chi connectivity index (χ2n) is 16.4. The molecule has 0 saturated heterocycles. The first kappa shape index (κ1) is 85.6. The molecule has 474 valence electrons. The van der Waals surface area contributed by atoms with E-state index in [0.29, 0.717) is 24.4 Å². The van der Waals surface area contributed by atoms with E-state index >= 15 is 0 Å². The molecule has 1 N–H and O–H groups in total. The summed E-state index contributed by atoms with van der Waals surface area (Å²) < 4.78 is 63.4. The molecule has 86 heavy (non-hydrogen) atoms. The maximum atomic E-state index is 12.8. The van der Waals surface area contributed by atoms with Crippen LogP contribution in [0.5, 0.6) is 0 Å². The predicted molar refractivity (Wildman–Crippen MR) is 347 cm³/mol. The Balaban J connectivity index is -0.000000493. The van der Waals surface area contributed by atoms with E-state index in [-0.39, 0.29) is 53.7 Å². The first-order chi connectivity index (χ1) is 40.3. The zero-order valence-corrected chi connectivity index (χ0v) is 55.2. The van der Waals surface area contributed by atoms with Crippen LogP contribution in [0, 0.1) is 0 Å². The first-order valence-electron chi connectivity index (χ1n) is 25.5. The summed E-state index contributed by atoms with van der Waals surface area (Å²) in [6.45, 7) is 26.1. The maximum Gasteiger partial charge on any atom is 0.334 e. The minimum Gasteiger partial charge on any atom is -0.466 e. The molecule has 4 aromatic carbocycles. The number of esters is 7. The fourth-order valence-corrected chi connectivity index (χ4v) is 9.12. The van der Waals surface area contributed by atoms with Gasteiger partial charge < -0.3 is 43.0 Å². The van der Waals surface area contributed by atoms with Crippen molar-refractivity contribution in [2.24, 2.45) is 0 Å². The summed E-state index contributed by atoms with van der Waals surface area (Å²) in [6, 6.07) is 35.7. The van der Waals surface area contributed by atoms with Gasteiger partial charge in [-0.3, -0.25) is 24.0 Å². The Morgan fingerprint density at radius 1 is 0.628 bits per heavy atom. The number of hydrogen-bond donors (Lipinski definition) is 2. The Morgan fingerprint density at radius 3 is 1.36 bits per heavy atom. The molecule has 0 amide bonds. The molecule has 0 fully saturated rings. The van der Waals surface area contributed by atoms with Gasteiger partial charge in [-0.25, -0.2) is 22.8 Å². The number of carbonyl (C=O) groups is 8. The van der Waals surface area contributed by atoms with E-state index in [9.17, 15) is 51.9 Å². The van der Waals surface area contributed by atoms with Crippen molar-refractivity contribution in [1.29, 1.82) is 0 Å². The van der Waals surface area contributed by atoms with E-state index in [0.717, 1.165) is 36.2 Å². The SMILES string of the molecule is C=C(C(=O)OC)C(SC(C)C(=O)OCC)c1ccccc1.C=C(C(=O)OC)C(c1ccccc1)S(=O)(=O)C(C)C(=O)OCC.C=C(C(O)OC)C(OC(C)=O)c1ccccc1.C=CC(=O)OC.CCOC(=O)C(C)S.O=Cc1ccccc1.S.S=S. The van der Waals surface area contributed by atoms with Crippen molar-refractivity contribution >= 4 is 118 Å². The Hall–Kier alpha value is -6.84. The van der Waals surface area contributed by atoms with Crippen LogP contribution in [0.2, 0.25) is 0 Å². The summed E-state index contributed by atoms with van der Waals surface area (Å²) in [5, 5.41) is 5.69. The number of thioether (sulfide) groups is 1. The van der Waals surface area contributed by atoms with Crippen LogP contribution in [0.3, 0.4) is 0 Å². The molecule has 4 rings (SSSR count). The van der Waals surface area contributed by atoms with E-state index in [4.69, 9.17) is 23.7 Å². The molecule has 0 heterocycles. The zero-order chi connectivity index (χ0) is 65.7. The summed E-state index contributed by atoms with van der Waals surface area (Å²) in [7, 11) is 1.01. The molecule has 19 nitrogen and oxygen atoms in total. The summed E-state index contributed by atoms with van der Waals surface area (Å²) >= 11 is 12.5. The van der Waals surface area contributed by atoms with E-state index in [2.05, 4.69) is 75.5 Å². The molecular formula is C61H80O19S6. The lowest BCUT2D eigenvalue weighted by Gasteiger charge is -2.22. The molecule has 4 aromatic rings. The minimum absolute atomic E-state index is 0. The molecule has 0 radical (unpaired) electrons. The summed E-state index contributed by atoms with van der Waals surface area (Å²) in [5.41, 5.74) is 3.04. The minimum atomic E-state index is -4.10. The third-order valence-corrected chi connectivity index (χ3v) is 14.4. The zero-order valence-electron chi connectivity index (χ0n) is 50.1. The third kappa shape index (κ3) is 34.3. The quantitative estimate of drug-likeness (QED) is 0.0133. The van der Waals surface area contributed by atoms with Gasteiger partial charge in [0, 0.05) is 59.2 Å². The van der Waals surface area contributed by atoms with Crippen molar-refractivity contribution in [2.45, 2.75) is 87.1 Å². The Labute approximate surface area is 532 Å². The lowest BCUT2D eigenvalue weighted by molar-refractivity contribution is -0.147. The van der Waals surface area contributed by atoms with E-state index in [1.54, 1.807) is 89.2 Å². The number of aliphatic hydroxyl groups excluding tert-OH is 1. The molecule has 7 unspecified atom stereocenters. The second kappa shape index (κ2) is 50.3. The molecule has 0 aliphatic carbocycles. The van der Waals surface area contributed by atoms with Crippen molar-refractivity contribution in [2.75, 3.05) is 48.3 Å². The molecule has 0 aromatic heterocycles. The average Bonchev–Trinajstić information content (AvgIpc) is 1.51. The maximum absolute atomic E-state index is 12.8. The number of sulfone groups is 1. The largest absolute Gasteiger partial charge is 0.466 e. The van der Waals surface area contributed by atoms with Crippen molar-refractivity contribution in [3.05, 3.63) is 193 Å².